The van der Waals surface area contributed by atoms with Crippen LogP contribution in [0.4, 0.5) is 5.82 Å². The predicted octanol–water partition coefficient (Wildman–Crippen LogP) is 1.82. The SMILES string of the molecule is Cc1cc(NC2=NCC=C2)nc(Cl)n1. The molecular formula is C9H9ClN4. The van der Waals surface area contributed by atoms with Crippen molar-refractivity contribution in [2.75, 3.05) is 11.9 Å². The van der Waals surface area contributed by atoms with Gasteiger partial charge in [0.1, 0.15) is 11.7 Å². The van der Waals surface area contributed by atoms with Crippen LogP contribution in [0.15, 0.2) is 23.2 Å². The number of amidine groups is 1. The van der Waals surface area contributed by atoms with Crippen molar-refractivity contribution >= 4 is 23.3 Å². The average molecular weight is 209 g/mol. The average Bonchev–Trinajstić information content (AvgIpc) is 2.54. The van der Waals surface area contributed by atoms with Gasteiger partial charge in [-0.2, -0.15) is 0 Å². The number of aromatic nitrogens is 2. The summed E-state index contributed by atoms with van der Waals surface area (Å²) in [4.78, 5) is 12.2. The Labute approximate surface area is 86.7 Å². The highest BCUT2D eigenvalue weighted by atomic mass is 35.5. The van der Waals surface area contributed by atoms with Crippen molar-refractivity contribution in [2.45, 2.75) is 6.92 Å². The fourth-order valence-electron chi connectivity index (χ4n) is 1.18. The molecule has 0 atom stereocenters. The number of anilines is 1. The molecule has 0 amide bonds. The van der Waals surface area contributed by atoms with E-state index in [2.05, 4.69) is 20.3 Å². The van der Waals surface area contributed by atoms with E-state index in [1.165, 1.54) is 0 Å². The number of rotatable bonds is 1. The molecule has 1 aliphatic rings. The number of halogens is 1. The van der Waals surface area contributed by atoms with E-state index in [0.29, 0.717) is 5.82 Å². The van der Waals surface area contributed by atoms with Gasteiger partial charge in [0, 0.05) is 11.8 Å². The van der Waals surface area contributed by atoms with E-state index in [9.17, 15) is 0 Å². The van der Waals surface area contributed by atoms with Crippen LogP contribution in [0.3, 0.4) is 0 Å². The molecule has 1 aromatic rings. The Hall–Kier alpha value is -1.42. The lowest BCUT2D eigenvalue weighted by Crippen LogP contribution is -2.09. The van der Waals surface area contributed by atoms with Crippen LogP contribution < -0.4 is 5.32 Å². The van der Waals surface area contributed by atoms with Gasteiger partial charge in [0.15, 0.2) is 0 Å². The molecule has 0 spiro atoms. The van der Waals surface area contributed by atoms with Crippen LogP contribution in [-0.2, 0) is 0 Å². The topological polar surface area (TPSA) is 50.2 Å². The minimum absolute atomic E-state index is 0.245. The Balaban J connectivity index is 2.20. The van der Waals surface area contributed by atoms with Gasteiger partial charge in [-0.05, 0) is 24.6 Å². The molecule has 1 aromatic heterocycles. The van der Waals surface area contributed by atoms with Gasteiger partial charge in [-0.3, -0.25) is 4.99 Å². The highest BCUT2D eigenvalue weighted by Gasteiger charge is 2.03. The van der Waals surface area contributed by atoms with Crippen LogP contribution in [-0.4, -0.2) is 22.3 Å². The Bertz CT molecular complexity index is 391. The first-order valence-corrected chi connectivity index (χ1v) is 4.61. The van der Waals surface area contributed by atoms with Gasteiger partial charge >= 0.3 is 0 Å². The molecule has 72 valence electrons. The highest BCUT2D eigenvalue weighted by Crippen LogP contribution is 2.10. The third-order valence-corrected chi connectivity index (χ3v) is 1.89. The first kappa shape index (κ1) is 9.15. The summed E-state index contributed by atoms with van der Waals surface area (Å²) < 4.78 is 0. The standard InChI is InChI=1S/C9H9ClN4/c1-6-5-8(14-9(10)12-6)13-7-3-2-4-11-7/h2-3,5H,4H2,1H3,(H,11,12,13,14). The normalized spacial score (nSPS) is 14.3. The van der Waals surface area contributed by atoms with Gasteiger partial charge in [0.2, 0.25) is 5.28 Å². The van der Waals surface area contributed by atoms with Gasteiger partial charge in [-0.15, -0.1) is 0 Å². The van der Waals surface area contributed by atoms with E-state index < -0.39 is 0 Å². The summed E-state index contributed by atoms with van der Waals surface area (Å²) in [6.45, 7) is 2.59. The number of nitrogens with zero attached hydrogens (tertiary/aromatic N) is 3. The number of hydrogen-bond donors (Lipinski definition) is 1. The van der Waals surface area contributed by atoms with Crippen molar-refractivity contribution in [2.24, 2.45) is 4.99 Å². The molecule has 14 heavy (non-hydrogen) atoms. The molecule has 4 nitrogen and oxygen atoms in total. The molecule has 1 aliphatic heterocycles. The molecule has 2 heterocycles. The van der Waals surface area contributed by atoms with E-state index >= 15 is 0 Å². The summed E-state index contributed by atoms with van der Waals surface area (Å²) in [7, 11) is 0. The monoisotopic (exact) mass is 208 g/mol. The quantitative estimate of drug-likeness (QED) is 0.717. The van der Waals surface area contributed by atoms with Gasteiger partial charge in [-0.1, -0.05) is 6.08 Å². The summed E-state index contributed by atoms with van der Waals surface area (Å²) in [6, 6.07) is 1.82. The van der Waals surface area contributed by atoms with Crippen molar-refractivity contribution in [1.82, 2.24) is 9.97 Å². The maximum atomic E-state index is 5.72. The van der Waals surface area contributed by atoms with Crippen LogP contribution in [0.2, 0.25) is 5.28 Å². The molecule has 0 saturated heterocycles. The molecule has 0 unspecified atom stereocenters. The minimum atomic E-state index is 0.245. The first-order valence-electron chi connectivity index (χ1n) is 4.23. The second-order valence-electron chi connectivity index (χ2n) is 2.92. The Kier molecular flexibility index (Phi) is 2.45. The van der Waals surface area contributed by atoms with Crippen molar-refractivity contribution < 1.29 is 0 Å². The Morgan fingerprint density at radius 3 is 2.93 bits per heavy atom. The maximum absolute atomic E-state index is 5.72. The molecule has 1 N–H and O–H groups in total. The van der Waals surface area contributed by atoms with E-state index in [1.54, 1.807) is 0 Å². The summed E-state index contributed by atoms with van der Waals surface area (Å²) in [5.74, 6) is 1.48. The summed E-state index contributed by atoms with van der Waals surface area (Å²) in [5, 5.41) is 3.30. The maximum Gasteiger partial charge on any atom is 0.224 e. The fraction of sp³-hybridized carbons (Fsp3) is 0.222. The highest BCUT2D eigenvalue weighted by molar-refractivity contribution is 6.28. The lowest BCUT2D eigenvalue weighted by Gasteiger charge is -2.04. The molecule has 0 aliphatic carbocycles. The molecule has 0 bridgehead atoms. The molecule has 0 saturated carbocycles. The Morgan fingerprint density at radius 1 is 1.43 bits per heavy atom. The van der Waals surface area contributed by atoms with Crippen LogP contribution in [0.1, 0.15) is 5.69 Å². The van der Waals surface area contributed by atoms with Gasteiger partial charge in [0.25, 0.3) is 0 Å². The van der Waals surface area contributed by atoms with Crippen LogP contribution >= 0.6 is 11.6 Å². The molecule has 0 aromatic carbocycles. The number of nitrogens with one attached hydrogen (secondary N) is 1. The lowest BCUT2D eigenvalue weighted by molar-refractivity contribution is 1.11. The number of hydrogen-bond acceptors (Lipinski definition) is 4. The molecule has 0 radical (unpaired) electrons. The largest absolute Gasteiger partial charge is 0.325 e. The second kappa shape index (κ2) is 3.75. The van der Waals surface area contributed by atoms with Gasteiger partial charge in [0.05, 0.1) is 6.54 Å². The smallest absolute Gasteiger partial charge is 0.224 e. The van der Waals surface area contributed by atoms with E-state index in [4.69, 9.17) is 11.6 Å². The number of aliphatic imine (C=N–C) groups is 1. The zero-order valence-electron chi connectivity index (χ0n) is 7.66. The predicted molar refractivity (Wildman–Crippen MR) is 56.8 cm³/mol. The first-order chi connectivity index (χ1) is 6.74. The zero-order chi connectivity index (χ0) is 9.97. The van der Waals surface area contributed by atoms with Crippen molar-refractivity contribution in [3.63, 3.8) is 0 Å². The Morgan fingerprint density at radius 2 is 2.29 bits per heavy atom. The summed E-state index contributed by atoms with van der Waals surface area (Å²) >= 11 is 5.72. The zero-order valence-corrected chi connectivity index (χ0v) is 8.41. The van der Waals surface area contributed by atoms with E-state index in [1.807, 2.05) is 25.1 Å². The van der Waals surface area contributed by atoms with Gasteiger partial charge < -0.3 is 5.32 Å². The minimum Gasteiger partial charge on any atom is -0.325 e. The lowest BCUT2D eigenvalue weighted by atomic mass is 10.4. The number of aryl methyl sites for hydroxylation is 1. The van der Waals surface area contributed by atoms with Gasteiger partial charge in [-0.25, -0.2) is 9.97 Å². The van der Waals surface area contributed by atoms with Crippen LogP contribution in [0.5, 0.6) is 0 Å². The third-order valence-electron chi connectivity index (χ3n) is 1.73. The van der Waals surface area contributed by atoms with Crippen molar-refractivity contribution in [1.29, 1.82) is 0 Å². The molecule has 2 rings (SSSR count). The summed E-state index contributed by atoms with van der Waals surface area (Å²) in [6.07, 6.45) is 3.88. The van der Waals surface area contributed by atoms with Crippen molar-refractivity contribution in [3.8, 4) is 0 Å². The van der Waals surface area contributed by atoms with Crippen LogP contribution in [0, 0.1) is 6.92 Å². The van der Waals surface area contributed by atoms with E-state index in [-0.39, 0.29) is 5.28 Å². The second-order valence-corrected chi connectivity index (χ2v) is 3.25. The fourth-order valence-corrected chi connectivity index (χ4v) is 1.40. The molecular weight excluding hydrogens is 200 g/mol. The summed E-state index contributed by atoms with van der Waals surface area (Å²) in [5.41, 5.74) is 0.829. The molecule has 0 fully saturated rings. The molecule has 5 heteroatoms. The van der Waals surface area contributed by atoms with E-state index in [0.717, 1.165) is 18.1 Å². The van der Waals surface area contributed by atoms with Crippen LogP contribution in [0.25, 0.3) is 0 Å². The van der Waals surface area contributed by atoms with Crippen molar-refractivity contribution in [3.05, 3.63) is 29.2 Å². The third kappa shape index (κ3) is 2.09.